The molecule has 4 heterocycles. The third kappa shape index (κ3) is 3.07. The molecule has 1 aliphatic carbocycles. The molecule has 0 aromatic carbocycles. The summed E-state index contributed by atoms with van der Waals surface area (Å²) in [7, 11) is 0. The molecule has 1 atom stereocenters. The number of aliphatic hydroxyl groups excluding tert-OH is 1. The molecule has 9 heteroatoms. The van der Waals surface area contributed by atoms with E-state index in [1.165, 1.54) is 24.0 Å². The molecule has 1 saturated heterocycles. The van der Waals surface area contributed by atoms with E-state index in [1.54, 1.807) is 18.3 Å². The third-order valence-electron chi connectivity index (χ3n) is 5.49. The Bertz CT molecular complexity index is 1010. The van der Waals surface area contributed by atoms with Gasteiger partial charge in [0, 0.05) is 25.0 Å². The Labute approximate surface area is 166 Å². The van der Waals surface area contributed by atoms with Crippen molar-refractivity contribution in [3.63, 3.8) is 0 Å². The molecule has 0 spiro atoms. The van der Waals surface area contributed by atoms with E-state index in [9.17, 15) is 5.11 Å². The van der Waals surface area contributed by atoms with Gasteiger partial charge in [-0.2, -0.15) is 0 Å². The number of aryl methyl sites for hydroxylation is 1. The highest BCUT2D eigenvalue weighted by Gasteiger charge is 2.26. The molecular weight excluding hydrogens is 376 g/mol. The van der Waals surface area contributed by atoms with E-state index < -0.39 is 6.10 Å². The van der Waals surface area contributed by atoms with Crippen LogP contribution in [0.4, 0.5) is 11.6 Å². The average molecular weight is 401 g/mol. The fourth-order valence-electron chi connectivity index (χ4n) is 4.16. The van der Waals surface area contributed by atoms with Gasteiger partial charge in [0.1, 0.15) is 20.9 Å². The van der Waals surface area contributed by atoms with Crippen LogP contribution in [0.15, 0.2) is 0 Å². The number of nitrogens with one attached hydrogen (secondary N) is 1. The molecule has 0 radical (unpaired) electrons. The van der Waals surface area contributed by atoms with Gasteiger partial charge in [-0.1, -0.05) is 0 Å². The van der Waals surface area contributed by atoms with Crippen molar-refractivity contribution < 1.29 is 9.84 Å². The molecule has 148 valence electrons. The molecule has 0 bridgehead atoms. The number of aromatic nitrogens is 4. The summed E-state index contributed by atoms with van der Waals surface area (Å²) in [6, 6.07) is 0. The summed E-state index contributed by atoms with van der Waals surface area (Å²) >= 11 is 1.61. The van der Waals surface area contributed by atoms with Crippen LogP contribution in [0.2, 0.25) is 0 Å². The van der Waals surface area contributed by atoms with Crippen LogP contribution >= 0.6 is 11.3 Å². The Morgan fingerprint density at radius 2 is 1.96 bits per heavy atom. The molecular formula is C19H24N6O2S. The molecule has 3 aromatic rings. The zero-order chi connectivity index (χ0) is 19.1. The van der Waals surface area contributed by atoms with Crippen LogP contribution in [0.25, 0.3) is 20.4 Å². The van der Waals surface area contributed by atoms with Crippen LogP contribution in [0.1, 0.15) is 30.9 Å². The number of anilines is 2. The van der Waals surface area contributed by atoms with E-state index in [0.717, 1.165) is 65.4 Å². The van der Waals surface area contributed by atoms with E-state index in [0.29, 0.717) is 12.4 Å². The monoisotopic (exact) mass is 400 g/mol. The number of nitrogens with zero attached hydrogens (tertiary/aromatic N) is 5. The van der Waals surface area contributed by atoms with Crippen LogP contribution in [-0.4, -0.2) is 64.5 Å². The predicted molar refractivity (Wildman–Crippen MR) is 110 cm³/mol. The number of ether oxygens (including phenoxy) is 1. The Hall–Kier alpha value is -2.10. The lowest BCUT2D eigenvalue weighted by molar-refractivity contribution is 0.122. The maximum absolute atomic E-state index is 9.61. The summed E-state index contributed by atoms with van der Waals surface area (Å²) in [6.45, 7) is 5.45. The molecule has 2 aliphatic rings. The van der Waals surface area contributed by atoms with Crippen molar-refractivity contribution >= 4 is 43.4 Å². The fraction of sp³-hybridized carbons (Fsp3) is 0.579. The number of hydrogen-bond donors (Lipinski definition) is 2. The van der Waals surface area contributed by atoms with Gasteiger partial charge >= 0.3 is 0 Å². The van der Waals surface area contributed by atoms with Crippen molar-refractivity contribution in [2.45, 2.75) is 38.7 Å². The minimum absolute atomic E-state index is 0.423. The summed E-state index contributed by atoms with van der Waals surface area (Å²) in [5, 5.41) is 26.5. The van der Waals surface area contributed by atoms with E-state index >= 15 is 0 Å². The topological polar surface area (TPSA) is 96.3 Å². The van der Waals surface area contributed by atoms with Crippen molar-refractivity contribution in [2.75, 3.05) is 43.1 Å². The van der Waals surface area contributed by atoms with Crippen molar-refractivity contribution in [1.82, 2.24) is 20.4 Å². The maximum Gasteiger partial charge on any atom is 0.170 e. The number of rotatable bonds is 4. The minimum atomic E-state index is -0.460. The van der Waals surface area contributed by atoms with Crippen LogP contribution < -0.4 is 10.2 Å². The van der Waals surface area contributed by atoms with E-state index in [4.69, 9.17) is 9.72 Å². The second-order valence-corrected chi connectivity index (χ2v) is 8.53. The average Bonchev–Trinajstić information content (AvgIpc) is 3.11. The van der Waals surface area contributed by atoms with Gasteiger partial charge in [-0.05, 0) is 48.9 Å². The molecule has 8 nitrogen and oxygen atoms in total. The van der Waals surface area contributed by atoms with Gasteiger partial charge in [0.25, 0.3) is 0 Å². The Morgan fingerprint density at radius 3 is 2.75 bits per heavy atom. The summed E-state index contributed by atoms with van der Waals surface area (Å²) in [5.74, 6) is 1.79. The first kappa shape index (κ1) is 18.0. The van der Waals surface area contributed by atoms with Crippen molar-refractivity contribution in [3.05, 3.63) is 11.1 Å². The first-order valence-electron chi connectivity index (χ1n) is 9.94. The smallest absolute Gasteiger partial charge is 0.170 e. The number of morpholine rings is 1. The Balaban J connectivity index is 1.70. The molecule has 28 heavy (non-hydrogen) atoms. The van der Waals surface area contributed by atoms with Gasteiger partial charge in [-0.25, -0.2) is 4.98 Å². The number of pyridine rings is 1. The third-order valence-corrected chi connectivity index (χ3v) is 6.57. The molecule has 1 fully saturated rings. The largest absolute Gasteiger partial charge is 0.392 e. The van der Waals surface area contributed by atoms with Crippen molar-refractivity contribution in [1.29, 1.82) is 0 Å². The van der Waals surface area contributed by atoms with Gasteiger partial charge < -0.3 is 20.1 Å². The van der Waals surface area contributed by atoms with Crippen LogP contribution in [0.3, 0.4) is 0 Å². The standard InChI is InChI=1S/C19H24N6O2S/c1-11(26)10-20-17-16-15(22-24-23-17)14-12-4-2-3-5-13(12)18(21-19(14)28-16)25-6-8-27-9-7-25/h11,26H,2-10H2,1H3,(H,20,22,23)/t11-/m1/s1. The second kappa shape index (κ2) is 7.38. The van der Waals surface area contributed by atoms with Crippen molar-refractivity contribution in [2.24, 2.45) is 0 Å². The van der Waals surface area contributed by atoms with Crippen LogP contribution in [0, 0.1) is 0 Å². The Morgan fingerprint density at radius 1 is 1.18 bits per heavy atom. The lowest BCUT2D eigenvalue weighted by Gasteiger charge is -2.31. The first-order valence-corrected chi connectivity index (χ1v) is 10.8. The highest BCUT2D eigenvalue weighted by atomic mass is 32.1. The summed E-state index contributed by atoms with van der Waals surface area (Å²) in [4.78, 5) is 8.47. The SMILES string of the molecule is C[C@@H](O)CNc1nnnc2c1sc1nc(N3CCOCC3)c3c(c12)CCCC3. The highest BCUT2D eigenvalue weighted by Crippen LogP contribution is 2.42. The Kier molecular flexibility index (Phi) is 4.73. The molecule has 5 rings (SSSR count). The van der Waals surface area contributed by atoms with Gasteiger partial charge in [-0.15, -0.1) is 21.5 Å². The summed E-state index contributed by atoms with van der Waals surface area (Å²) < 4.78 is 6.50. The minimum Gasteiger partial charge on any atom is -0.392 e. The fourth-order valence-corrected chi connectivity index (χ4v) is 5.26. The number of thiophene rings is 1. The molecule has 0 saturated carbocycles. The van der Waals surface area contributed by atoms with E-state index in [2.05, 4.69) is 25.6 Å². The lowest BCUT2D eigenvalue weighted by Crippen LogP contribution is -2.37. The van der Waals surface area contributed by atoms with Crippen LogP contribution in [0.5, 0.6) is 0 Å². The molecule has 0 unspecified atom stereocenters. The van der Waals surface area contributed by atoms with E-state index in [-0.39, 0.29) is 0 Å². The number of hydrogen-bond acceptors (Lipinski definition) is 9. The van der Waals surface area contributed by atoms with Crippen molar-refractivity contribution in [3.8, 4) is 0 Å². The van der Waals surface area contributed by atoms with Gasteiger partial charge in [0.05, 0.1) is 19.3 Å². The van der Waals surface area contributed by atoms with Crippen LogP contribution in [-0.2, 0) is 17.6 Å². The zero-order valence-electron chi connectivity index (χ0n) is 15.9. The number of aliphatic hydroxyl groups is 1. The molecule has 2 N–H and O–H groups in total. The summed E-state index contributed by atoms with van der Waals surface area (Å²) in [5.41, 5.74) is 3.63. The second-order valence-electron chi connectivity index (χ2n) is 7.53. The zero-order valence-corrected chi connectivity index (χ0v) is 16.8. The predicted octanol–water partition coefficient (Wildman–Crippen LogP) is 2.14. The van der Waals surface area contributed by atoms with Gasteiger partial charge in [0.15, 0.2) is 5.82 Å². The molecule has 1 aliphatic heterocycles. The lowest BCUT2D eigenvalue weighted by atomic mass is 9.90. The maximum atomic E-state index is 9.61. The van der Waals surface area contributed by atoms with E-state index in [1.807, 2.05) is 0 Å². The van der Waals surface area contributed by atoms with Gasteiger partial charge in [-0.3, -0.25) is 0 Å². The van der Waals surface area contributed by atoms with Gasteiger partial charge in [0.2, 0.25) is 0 Å². The highest BCUT2D eigenvalue weighted by molar-refractivity contribution is 7.26. The normalized spacial score (nSPS) is 18.4. The molecule has 0 amide bonds. The molecule has 3 aromatic heterocycles. The first-order chi connectivity index (χ1) is 13.7. The number of fused-ring (bicyclic) bond motifs is 5. The quantitative estimate of drug-likeness (QED) is 0.688. The summed E-state index contributed by atoms with van der Waals surface area (Å²) in [6.07, 6.45) is 4.05.